The number of carbonyl (C=O) groups excluding carboxylic acids is 2. The van der Waals surface area contributed by atoms with E-state index in [1.54, 1.807) is 0 Å². The summed E-state index contributed by atoms with van der Waals surface area (Å²) in [5.41, 5.74) is 0.144. The first kappa shape index (κ1) is 21.0. The Morgan fingerprint density at radius 3 is 2.54 bits per heavy atom. The Morgan fingerprint density at radius 1 is 1.31 bits per heavy atom. The van der Waals surface area contributed by atoms with Gasteiger partial charge in [-0.25, -0.2) is 8.78 Å². The number of alkyl halides is 2. The second-order valence-corrected chi connectivity index (χ2v) is 7.98. The molecule has 1 spiro atoms. The van der Waals surface area contributed by atoms with Crippen molar-refractivity contribution in [1.29, 1.82) is 0 Å². The number of hydrogen-bond acceptors (Lipinski definition) is 4. The maximum Gasteiger partial charge on any atom is 0.250 e. The third kappa shape index (κ3) is 5.61. The third-order valence-electron chi connectivity index (χ3n) is 5.71. The molecule has 4 N–H and O–H groups in total. The van der Waals surface area contributed by atoms with Gasteiger partial charge in [-0.1, -0.05) is 19.3 Å². The van der Waals surface area contributed by atoms with Gasteiger partial charge in [0, 0.05) is 20.0 Å². The van der Waals surface area contributed by atoms with Crippen LogP contribution in [-0.4, -0.2) is 54.6 Å². The number of amides is 2. The van der Waals surface area contributed by atoms with Crippen LogP contribution < -0.4 is 16.0 Å². The van der Waals surface area contributed by atoms with Gasteiger partial charge in [0.2, 0.25) is 11.8 Å². The summed E-state index contributed by atoms with van der Waals surface area (Å²) in [6.45, 7) is 1.56. The molecule has 2 rings (SSSR count). The molecule has 2 amide bonds. The van der Waals surface area contributed by atoms with Crippen molar-refractivity contribution in [2.45, 2.75) is 82.4 Å². The molecule has 2 aliphatic rings. The van der Waals surface area contributed by atoms with Crippen molar-refractivity contribution in [3.63, 3.8) is 0 Å². The number of aliphatic hydroxyl groups is 1. The van der Waals surface area contributed by atoms with Gasteiger partial charge in [0.15, 0.2) is 6.10 Å². The standard InChI is InChI=1S/C18H31F2N3O3/c1-17(19,20)9-6-12(14(24)16(26)21-2)23-15(25)13-10-18(11-22-13)7-4-3-5-8-18/h12-14,22,24H,3-11H2,1-2H3,(H,21,26)(H,23,25)/t12-,13?,14?/m0/s1. The van der Waals surface area contributed by atoms with Crippen molar-refractivity contribution in [2.75, 3.05) is 13.6 Å². The monoisotopic (exact) mass is 375 g/mol. The maximum atomic E-state index is 13.2. The van der Waals surface area contributed by atoms with E-state index in [9.17, 15) is 23.5 Å². The van der Waals surface area contributed by atoms with Crippen LogP contribution in [0.25, 0.3) is 0 Å². The van der Waals surface area contributed by atoms with E-state index in [1.807, 2.05) is 0 Å². The zero-order valence-electron chi connectivity index (χ0n) is 15.6. The Kier molecular flexibility index (Phi) is 6.96. The van der Waals surface area contributed by atoms with Gasteiger partial charge in [0.05, 0.1) is 12.1 Å². The summed E-state index contributed by atoms with van der Waals surface area (Å²) in [6.07, 6.45) is 4.20. The lowest BCUT2D eigenvalue weighted by Crippen LogP contribution is -2.53. The fraction of sp³-hybridized carbons (Fsp3) is 0.889. The van der Waals surface area contributed by atoms with Crippen LogP contribution in [0.4, 0.5) is 8.78 Å². The molecule has 1 aliphatic heterocycles. The largest absolute Gasteiger partial charge is 0.381 e. The molecular formula is C18H31F2N3O3. The first-order valence-corrected chi connectivity index (χ1v) is 9.47. The molecule has 6 nitrogen and oxygen atoms in total. The number of rotatable bonds is 7. The molecule has 1 saturated carbocycles. The molecule has 2 unspecified atom stereocenters. The summed E-state index contributed by atoms with van der Waals surface area (Å²) in [6, 6.07) is -1.45. The van der Waals surface area contributed by atoms with Gasteiger partial charge in [0.1, 0.15) is 0 Å². The normalized spacial score (nSPS) is 24.9. The number of carbonyl (C=O) groups is 2. The second-order valence-electron chi connectivity index (χ2n) is 7.98. The molecule has 0 radical (unpaired) electrons. The molecule has 3 atom stereocenters. The Morgan fingerprint density at radius 2 is 1.96 bits per heavy atom. The molecule has 1 saturated heterocycles. The fourth-order valence-electron chi connectivity index (χ4n) is 4.12. The molecular weight excluding hydrogens is 344 g/mol. The van der Waals surface area contributed by atoms with E-state index >= 15 is 0 Å². The predicted molar refractivity (Wildman–Crippen MR) is 93.8 cm³/mol. The zero-order chi connectivity index (χ0) is 19.4. The van der Waals surface area contributed by atoms with Crippen LogP contribution in [0.5, 0.6) is 0 Å². The summed E-state index contributed by atoms with van der Waals surface area (Å²) in [5, 5.41) is 18.3. The van der Waals surface area contributed by atoms with Crippen molar-refractivity contribution in [3.8, 4) is 0 Å². The highest BCUT2D eigenvalue weighted by molar-refractivity contribution is 5.85. The lowest BCUT2D eigenvalue weighted by molar-refractivity contribution is -0.132. The van der Waals surface area contributed by atoms with Crippen molar-refractivity contribution in [1.82, 2.24) is 16.0 Å². The van der Waals surface area contributed by atoms with Crippen molar-refractivity contribution < 1.29 is 23.5 Å². The summed E-state index contributed by atoms with van der Waals surface area (Å²) in [7, 11) is 1.35. The van der Waals surface area contributed by atoms with Gasteiger partial charge >= 0.3 is 0 Å². The van der Waals surface area contributed by atoms with E-state index in [2.05, 4.69) is 16.0 Å². The molecule has 0 aromatic heterocycles. The van der Waals surface area contributed by atoms with Gasteiger partial charge < -0.3 is 21.1 Å². The van der Waals surface area contributed by atoms with Gasteiger partial charge in [-0.2, -0.15) is 0 Å². The van der Waals surface area contributed by atoms with Gasteiger partial charge in [-0.3, -0.25) is 9.59 Å². The Hall–Kier alpha value is -1.28. The van der Waals surface area contributed by atoms with Crippen LogP contribution in [0.1, 0.15) is 58.3 Å². The van der Waals surface area contributed by atoms with Crippen molar-refractivity contribution in [3.05, 3.63) is 0 Å². The van der Waals surface area contributed by atoms with Crippen LogP contribution >= 0.6 is 0 Å². The number of halogens is 2. The Bertz CT molecular complexity index is 504. The fourth-order valence-corrected chi connectivity index (χ4v) is 4.12. The second kappa shape index (κ2) is 8.61. The van der Waals surface area contributed by atoms with Crippen LogP contribution in [0.15, 0.2) is 0 Å². The van der Waals surface area contributed by atoms with E-state index in [4.69, 9.17) is 0 Å². The lowest BCUT2D eigenvalue weighted by Gasteiger charge is -2.32. The molecule has 0 aromatic rings. The number of nitrogens with one attached hydrogen (secondary N) is 3. The molecule has 0 bridgehead atoms. The quantitative estimate of drug-likeness (QED) is 0.540. The topological polar surface area (TPSA) is 90.5 Å². The van der Waals surface area contributed by atoms with Crippen molar-refractivity contribution in [2.24, 2.45) is 5.41 Å². The van der Waals surface area contributed by atoms with Crippen LogP contribution in [0, 0.1) is 5.41 Å². The average molecular weight is 375 g/mol. The van der Waals surface area contributed by atoms with E-state index in [0.717, 1.165) is 26.3 Å². The molecule has 26 heavy (non-hydrogen) atoms. The Labute approximate surface area is 153 Å². The van der Waals surface area contributed by atoms with Crippen LogP contribution in [0.3, 0.4) is 0 Å². The number of hydrogen-bond donors (Lipinski definition) is 4. The van der Waals surface area contributed by atoms with Crippen LogP contribution in [0.2, 0.25) is 0 Å². The van der Waals surface area contributed by atoms with E-state index in [1.165, 1.54) is 26.3 Å². The van der Waals surface area contributed by atoms with Crippen LogP contribution in [-0.2, 0) is 9.59 Å². The van der Waals surface area contributed by atoms with E-state index in [0.29, 0.717) is 6.42 Å². The molecule has 150 valence electrons. The highest BCUT2D eigenvalue weighted by atomic mass is 19.3. The SMILES string of the molecule is CNC(=O)C(O)[C@H](CCC(C)(F)F)NC(=O)C1CC2(CCCCC2)CN1. The third-order valence-corrected chi connectivity index (χ3v) is 5.71. The van der Waals surface area contributed by atoms with Gasteiger partial charge in [-0.15, -0.1) is 0 Å². The first-order chi connectivity index (χ1) is 12.2. The molecule has 2 fully saturated rings. The highest BCUT2D eigenvalue weighted by Gasteiger charge is 2.43. The maximum absolute atomic E-state index is 13.2. The average Bonchev–Trinajstić information content (AvgIpc) is 3.00. The summed E-state index contributed by atoms with van der Waals surface area (Å²) >= 11 is 0. The smallest absolute Gasteiger partial charge is 0.250 e. The van der Waals surface area contributed by atoms with E-state index < -0.39 is 36.4 Å². The Balaban J connectivity index is 1.97. The zero-order valence-corrected chi connectivity index (χ0v) is 15.6. The molecule has 8 heteroatoms. The summed E-state index contributed by atoms with van der Waals surface area (Å²) < 4.78 is 26.4. The van der Waals surface area contributed by atoms with Crippen molar-refractivity contribution >= 4 is 11.8 Å². The number of aliphatic hydroxyl groups excluding tert-OH is 1. The van der Waals surface area contributed by atoms with Gasteiger partial charge in [0.25, 0.3) is 5.91 Å². The predicted octanol–water partition coefficient (Wildman–Crippen LogP) is 1.33. The minimum absolute atomic E-state index is 0.144. The molecule has 1 aliphatic carbocycles. The minimum atomic E-state index is -2.93. The molecule has 0 aromatic carbocycles. The summed E-state index contributed by atoms with van der Waals surface area (Å²) in [5.74, 6) is -3.96. The molecule has 1 heterocycles. The lowest BCUT2D eigenvalue weighted by atomic mass is 9.72. The van der Waals surface area contributed by atoms with E-state index in [-0.39, 0.29) is 17.7 Å². The van der Waals surface area contributed by atoms with Gasteiger partial charge in [-0.05, 0) is 38.0 Å². The number of likely N-dealkylation sites (N-methyl/N-ethyl adjacent to an activating group) is 1. The minimum Gasteiger partial charge on any atom is -0.381 e. The summed E-state index contributed by atoms with van der Waals surface area (Å²) in [4.78, 5) is 24.3. The first-order valence-electron chi connectivity index (χ1n) is 9.47. The highest BCUT2D eigenvalue weighted by Crippen LogP contribution is 2.42.